The highest BCUT2D eigenvalue weighted by molar-refractivity contribution is 5.91. The molecule has 5 N–H and O–H groups in total. The lowest BCUT2D eigenvalue weighted by molar-refractivity contribution is -0.138. The van der Waals surface area contributed by atoms with Gasteiger partial charge >= 0.3 is 0 Å². The second-order valence-corrected chi connectivity index (χ2v) is 8.44. The number of nitrogens with one attached hydrogen (secondary N) is 4. The summed E-state index contributed by atoms with van der Waals surface area (Å²) in [4.78, 5) is 49.2. The molecule has 0 bridgehead atoms. The Hall–Kier alpha value is -2.16. The van der Waals surface area contributed by atoms with Gasteiger partial charge in [0.2, 0.25) is 17.7 Å². The van der Waals surface area contributed by atoms with Crippen LogP contribution in [0.2, 0.25) is 0 Å². The lowest BCUT2D eigenvalue weighted by atomic mass is 9.88. The summed E-state index contributed by atoms with van der Waals surface area (Å²) in [5.41, 5.74) is -1.17. The maximum atomic E-state index is 13.0. The van der Waals surface area contributed by atoms with Crippen molar-refractivity contribution in [2.24, 2.45) is 5.92 Å². The van der Waals surface area contributed by atoms with E-state index in [1.54, 1.807) is 6.92 Å². The Bertz CT molecular complexity index is 636. The SMILES string of the molecule is CCCC(C)(NC(C)=O)C(=O)N[C@@H](C[C@@H]1CCCNC1=O)C(O)C(=O)NC1CC1. The van der Waals surface area contributed by atoms with Crippen molar-refractivity contribution >= 4 is 23.6 Å². The number of aliphatic hydroxyl groups excluding tert-OH is 1. The first-order chi connectivity index (χ1) is 13.7. The monoisotopic (exact) mass is 410 g/mol. The molecule has 4 amide bonds. The first kappa shape index (κ1) is 23.1. The maximum Gasteiger partial charge on any atom is 0.251 e. The van der Waals surface area contributed by atoms with E-state index in [4.69, 9.17) is 0 Å². The molecule has 29 heavy (non-hydrogen) atoms. The van der Waals surface area contributed by atoms with Crippen LogP contribution < -0.4 is 21.3 Å². The molecular formula is C20H34N4O5. The van der Waals surface area contributed by atoms with Gasteiger partial charge in [0.25, 0.3) is 5.91 Å². The molecule has 9 nitrogen and oxygen atoms in total. The fourth-order valence-corrected chi connectivity index (χ4v) is 3.78. The van der Waals surface area contributed by atoms with Gasteiger partial charge in [0.05, 0.1) is 6.04 Å². The summed E-state index contributed by atoms with van der Waals surface area (Å²) >= 11 is 0. The maximum absolute atomic E-state index is 13.0. The van der Waals surface area contributed by atoms with Crippen molar-refractivity contribution in [2.45, 2.75) is 89.4 Å². The van der Waals surface area contributed by atoms with E-state index >= 15 is 0 Å². The molecule has 4 atom stereocenters. The zero-order valence-corrected chi connectivity index (χ0v) is 17.5. The zero-order valence-electron chi connectivity index (χ0n) is 17.5. The summed E-state index contributed by atoms with van der Waals surface area (Å²) < 4.78 is 0. The number of piperidine rings is 1. The van der Waals surface area contributed by atoms with Crippen molar-refractivity contribution in [2.75, 3.05) is 6.54 Å². The zero-order chi connectivity index (χ0) is 21.6. The normalized spacial score (nSPS) is 23.2. The molecule has 2 unspecified atom stereocenters. The number of aliphatic hydroxyl groups is 1. The van der Waals surface area contributed by atoms with E-state index in [1.165, 1.54) is 6.92 Å². The number of hydrogen-bond acceptors (Lipinski definition) is 5. The van der Waals surface area contributed by atoms with Crippen molar-refractivity contribution in [3.8, 4) is 0 Å². The number of carbonyl (C=O) groups is 4. The molecule has 0 aromatic rings. The summed E-state index contributed by atoms with van der Waals surface area (Å²) in [7, 11) is 0. The topological polar surface area (TPSA) is 137 Å². The molecule has 2 fully saturated rings. The fourth-order valence-electron chi connectivity index (χ4n) is 3.78. The Morgan fingerprint density at radius 1 is 1.28 bits per heavy atom. The van der Waals surface area contributed by atoms with Gasteiger partial charge in [-0.1, -0.05) is 13.3 Å². The Balaban J connectivity index is 2.15. The highest BCUT2D eigenvalue weighted by Gasteiger charge is 2.39. The average Bonchev–Trinajstić information content (AvgIpc) is 3.45. The van der Waals surface area contributed by atoms with Gasteiger partial charge in [-0.25, -0.2) is 0 Å². The highest BCUT2D eigenvalue weighted by Crippen LogP contribution is 2.22. The lowest BCUT2D eigenvalue weighted by Crippen LogP contribution is -2.61. The van der Waals surface area contributed by atoms with E-state index in [-0.39, 0.29) is 24.3 Å². The molecule has 1 saturated heterocycles. The van der Waals surface area contributed by atoms with Crippen LogP contribution in [0.15, 0.2) is 0 Å². The third kappa shape index (κ3) is 6.69. The summed E-state index contributed by atoms with van der Waals surface area (Å²) in [5.74, 6) is -1.90. The Kier molecular flexibility index (Phi) is 8.01. The Morgan fingerprint density at radius 2 is 1.97 bits per heavy atom. The number of carbonyl (C=O) groups excluding carboxylic acids is 4. The molecule has 2 aliphatic rings. The molecule has 1 saturated carbocycles. The predicted molar refractivity (Wildman–Crippen MR) is 107 cm³/mol. The smallest absolute Gasteiger partial charge is 0.251 e. The summed E-state index contributed by atoms with van der Waals surface area (Å²) in [6.45, 7) is 5.46. The molecule has 1 aliphatic carbocycles. The molecule has 9 heteroatoms. The molecule has 0 radical (unpaired) electrons. The van der Waals surface area contributed by atoms with Crippen LogP contribution in [0, 0.1) is 5.92 Å². The summed E-state index contributed by atoms with van der Waals surface area (Å²) in [6, 6.07) is -0.865. The second kappa shape index (κ2) is 10.0. The standard InChI is InChI=1S/C20H34N4O5/c1-4-9-20(3,24-12(2)25)19(29)23-15(11-13-6-5-10-21-17(13)27)16(26)18(28)22-14-7-8-14/h13-16,26H,4-11H2,1-3H3,(H,21,27)(H,22,28)(H,23,29)(H,24,25)/t13-,15-,16?,20?/m0/s1. The largest absolute Gasteiger partial charge is 0.381 e. The predicted octanol–water partition coefficient (Wildman–Crippen LogP) is -0.278. The minimum Gasteiger partial charge on any atom is -0.381 e. The van der Waals surface area contributed by atoms with Gasteiger partial charge in [-0.05, 0) is 45.4 Å². The van der Waals surface area contributed by atoms with Gasteiger partial charge in [0, 0.05) is 25.4 Å². The van der Waals surface area contributed by atoms with Crippen molar-refractivity contribution in [3.05, 3.63) is 0 Å². The molecule has 0 aromatic carbocycles. The van der Waals surface area contributed by atoms with Gasteiger partial charge in [-0.15, -0.1) is 0 Å². The van der Waals surface area contributed by atoms with Crippen LogP contribution in [0.3, 0.4) is 0 Å². The second-order valence-electron chi connectivity index (χ2n) is 8.44. The molecule has 2 rings (SSSR count). The third-order valence-electron chi connectivity index (χ3n) is 5.53. The van der Waals surface area contributed by atoms with Gasteiger partial charge in [0.15, 0.2) is 6.10 Å². The quantitative estimate of drug-likeness (QED) is 0.337. The van der Waals surface area contributed by atoms with Crippen molar-refractivity contribution in [1.29, 1.82) is 0 Å². The number of hydrogen-bond donors (Lipinski definition) is 5. The minimum atomic E-state index is -1.47. The van der Waals surface area contributed by atoms with Crippen molar-refractivity contribution in [1.82, 2.24) is 21.3 Å². The molecule has 1 aliphatic heterocycles. The van der Waals surface area contributed by atoms with Gasteiger partial charge < -0.3 is 26.4 Å². The van der Waals surface area contributed by atoms with Crippen LogP contribution in [-0.4, -0.2) is 59.0 Å². The van der Waals surface area contributed by atoms with Crippen LogP contribution in [-0.2, 0) is 19.2 Å². The highest BCUT2D eigenvalue weighted by atomic mass is 16.3. The van der Waals surface area contributed by atoms with Gasteiger partial charge in [-0.3, -0.25) is 19.2 Å². The summed E-state index contributed by atoms with van der Waals surface area (Å²) in [6.07, 6.45) is 2.92. The van der Waals surface area contributed by atoms with Gasteiger partial charge in [-0.2, -0.15) is 0 Å². The van der Waals surface area contributed by atoms with Crippen LogP contribution in [0.25, 0.3) is 0 Å². The minimum absolute atomic E-state index is 0.0659. The first-order valence-corrected chi connectivity index (χ1v) is 10.5. The van der Waals surface area contributed by atoms with E-state index in [1.807, 2.05) is 6.92 Å². The lowest BCUT2D eigenvalue weighted by Gasteiger charge is -2.34. The van der Waals surface area contributed by atoms with Crippen molar-refractivity contribution in [3.63, 3.8) is 0 Å². The van der Waals surface area contributed by atoms with E-state index in [0.717, 1.165) is 19.3 Å². The van der Waals surface area contributed by atoms with Gasteiger partial charge in [0.1, 0.15) is 5.54 Å². The molecule has 1 heterocycles. The van der Waals surface area contributed by atoms with E-state index < -0.39 is 35.4 Å². The van der Waals surface area contributed by atoms with E-state index in [9.17, 15) is 24.3 Å². The third-order valence-corrected chi connectivity index (χ3v) is 5.53. The molecule has 0 spiro atoms. The fraction of sp³-hybridized carbons (Fsp3) is 0.800. The molecule has 164 valence electrons. The summed E-state index contributed by atoms with van der Waals surface area (Å²) in [5, 5.41) is 21.6. The van der Waals surface area contributed by atoms with Crippen LogP contribution >= 0.6 is 0 Å². The number of rotatable bonds is 10. The Labute approximate surface area is 171 Å². The Morgan fingerprint density at radius 3 is 2.52 bits per heavy atom. The van der Waals surface area contributed by atoms with E-state index in [2.05, 4.69) is 21.3 Å². The van der Waals surface area contributed by atoms with Crippen LogP contribution in [0.4, 0.5) is 0 Å². The van der Waals surface area contributed by atoms with Crippen LogP contribution in [0.1, 0.15) is 65.7 Å². The first-order valence-electron chi connectivity index (χ1n) is 10.5. The van der Waals surface area contributed by atoms with E-state index in [0.29, 0.717) is 25.8 Å². The van der Waals surface area contributed by atoms with Crippen molar-refractivity contribution < 1.29 is 24.3 Å². The number of amides is 4. The average molecular weight is 411 g/mol. The molecular weight excluding hydrogens is 376 g/mol. The molecule has 0 aromatic heterocycles. The van der Waals surface area contributed by atoms with Crippen LogP contribution in [0.5, 0.6) is 0 Å².